The Morgan fingerprint density at radius 1 is 1.31 bits per heavy atom. The Morgan fingerprint density at radius 2 is 2.12 bits per heavy atom. The maximum absolute atomic E-state index is 9.98. The minimum Gasteiger partial charge on any atom is -0.503 e. The van der Waals surface area contributed by atoms with E-state index in [1.54, 1.807) is 41.1 Å². The number of thioether (sulfide) groups is 1. The molecule has 3 rings (SSSR count). The van der Waals surface area contributed by atoms with Gasteiger partial charge in [0.05, 0.1) is 17.3 Å². The number of hydrogen-bond acceptors (Lipinski definition) is 6. The minimum absolute atomic E-state index is 0.0763. The molecule has 1 aromatic heterocycles. The maximum atomic E-state index is 9.98. The van der Waals surface area contributed by atoms with Gasteiger partial charge in [0, 0.05) is 5.75 Å². The zero-order valence-electron chi connectivity index (χ0n) is 14.0. The van der Waals surface area contributed by atoms with E-state index in [2.05, 4.69) is 43.4 Å². The Hall–Kier alpha value is -2.32. The second-order valence-corrected chi connectivity index (χ2v) is 7.06. The molecule has 0 aliphatic heterocycles. The third-order valence-corrected chi connectivity index (χ3v) is 5.00. The summed E-state index contributed by atoms with van der Waals surface area (Å²) in [5, 5.41) is 23.1. The van der Waals surface area contributed by atoms with Crippen molar-refractivity contribution in [2.75, 3.05) is 6.61 Å². The normalized spacial score (nSPS) is 11.2. The molecule has 1 heterocycles. The second-order valence-electron chi connectivity index (χ2n) is 5.26. The van der Waals surface area contributed by atoms with Crippen molar-refractivity contribution in [3.05, 3.63) is 64.4 Å². The molecule has 0 amide bonds. The maximum Gasteiger partial charge on any atom is 0.212 e. The summed E-state index contributed by atoms with van der Waals surface area (Å²) >= 11 is 4.88. The van der Waals surface area contributed by atoms with Crippen molar-refractivity contribution < 1.29 is 9.84 Å². The van der Waals surface area contributed by atoms with Crippen molar-refractivity contribution in [1.29, 1.82) is 0 Å². The van der Waals surface area contributed by atoms with Gasteiger partial charge < -0.3 is 9.84 Å². The van der Waals surface area contributed by atoms with Gasteiger partial charge in [0.2, 0.25) is 5.16 Å². The van der Waals surface area contributed by atoms with E-state index in [4.69, 9.17) is 4.74 Å². The highest BCUT2D eigenvalue weighted by molar-refractivity contribution is 9.10. The van der Waals surface area contributed by atoms with Crippen molar-refractivity contribution in [2.45, 2.75) is 17.8 Å². The number of ether oxygens (including phenoxy) is 1. The standard InChI is InChI=1S/C18H17BrN4O2S/c1-2-25-16-9-14(8-15(19)17(16)24)10-21-23-12-20-22-18(23)26-11-13-6-4-3-5-7-13/h3-10,12,24H,2,11H2,1H3/b21-10-. The summed E-state index contributed by atoms with van der Waals surface area (Å²) in [6.07, 6.45) is 3.23. The molecule has 8 heteroatoms. The predicted octanol–water partition coefficient (Wildman–Crippen LogP) is 4.32. The average molecular weight is 433 g/mol. The van der Waals surface area contributed by atoms with Gasteiger partial charge in [-0.15, -0.1) is 10.2 Å². The highest BCUT2D eigenvalue weighted by atomic mass is 79.9. The molecular formula is C18H17BrN4O2S. The van der Waals surface area contributed by atoms with Gasteiger partial charge in [0.25, 0.3) is 0 Å². The SMILES string of the molecule is CCOc1cc(/C=N\n2cnnc2SCc2ccccc2)cc(Br)c1O. The summed E-state index contributed by atoms with van der Waals surface area (Å²) in [4.78, 5) is 0. The Kier molecular flexibility index (Phi) is 6.30. The summed E-state index contributed by atoms with van der Waals surface area (Å²) in [7, 11) is 0. The van der Waals surface area contributed by atoms with Crippen LogP contribution in [0.4, 0.5) is 0 Å². The molecule has 26 heavy (non-hydrogen) atoms. The summed E-state index contributed by atoms with van der Waals surface area (Å²) < 4.78 is 7.60. The van der Waals surface area contributed by atoms with E-state index in [0.717, 1.165) is 11.3 Å². The number of hydrogen-bond donors (Lipinski definition) is 1. The fourth-order valence-corrected chi connectivity index (χ4v) is 3.46. The number of benzene rings is 2. The summed E-state index contributed by atoms with van der Waals surface area (Å²) in [6, 6.07) is 13.7. The lowest BCUT2D eigenvalue weighted by atomic mass is 10.2. The molecule has 0 saturated carbocycles. The van der Waals surface area contributed by atoms with Crippen molar-refractivity contribution in [3.63, 3.8) is 0 Å². The first-order valence-corrected chi connectivity index (χ1v) is 9.71. The number of nitrogens with zero attached hydrogens (tertiary/aromatic N) is 4. The molecule has 6 nitrogen and oxygen atoms in total. The van der Waals surface area contributed by atoms with Gasteiger partial charge in [-0.2, -0.15) is 9.78 Å². The Labute approximate surface area is 164 Å². The van der Waals surface area contributed by atoms with Crippen LogP contribution in [0.5, 0.6) is 11.5 Å². The number of phenols is 1. The number of phenolic OH excluding ortho intramolecular Hbond substituents is 1. The smallest absolute Gasteiger partial charge is 0.212 e. The Morgan fingerprint density at radius 3 is 2.88 bits per heavy atom. The summed E-state index contributed by atoms with van der Waals surface area (Å²) in [5.74, 6) is 1.27. The first kappa shape index (κ1) is 18.5. The van der Waals surface area contributed by atoms with E-state index < -0.39 is 0 Å². The lowest BCUT2D eigenvalue weighted by molar-refractivity contribution is 0.317. The molecule has 0 radical (unpaired) electrons. The summed E-state index contributed by atoms with van der Waals surface area (Å²) in [5.41, 5.74) is 1.99. The van der Waals surface area contributed by atoms with Crippen molar-refractivity contribution in [2.24, 2.45) is 5.10 Å². The van der Waals surface area contributed by atoms with Gasteiger partial charge in [-0.1, -0.05) is 42.1 Å². The minimum atomic E-state index is 0.0763. The van der Waals surface area contributed by atoms with Crippen LogP contribution in [0, 0.1) is 0 Å². The van der Waals surface area contributed by atoms with Crippen LogP contribution in [0.3, 0.4) is 0 Å². The number of halogens is 1. The van der Waals surface area contributed by atoms with Gasteiger partial charge in [-0.25, -0.2) is 0 Å². The van der Waals surface area contributed by atoms with Crippen LogP contribution in [-0.2, 0) is 5.75 Å². The topological polar surface area (TPSA) is 72.5 Å². The third kappa shape index (κ3) is 4.64. The molecule has 2 aromatic carbocycles. The van der Waals surface area contributed by atoms with E-state index >= 15 is 0 Å². The van der Waals surface area contributed by atoms with E-state index in [1.807, 2.05) is 25.1 Å². The number of aromatic nitrogens is 3. The first-order chi connectivity index (χ1) is 12.7. The molecule has 3 aromatic rings. The molecule has 134 valence electrons. The van der Waals surface area contributed by atoms with Crippen LogP contribution in [0.15, 0.2) is 63.5 Å². The van der Waals surface area contributed by atoms with Crippen molar-refractivity contribution in [1.82, 2.24) is 14.9 Å². The van der Waals surface area contributed by atoms with Crippen LogP contribution in [0.2, 0.25) is 0 Å². The lowest BCUT2D eigenvalue weighted by Crippen LogP contribution is -1.96. The van der Waals surface area contributed by atoms with Gasteiger partial charge in [0.1, 0.15) is 6.33 Å². The van der Waals surface area contributed by atoms with Gasteiger partial charge >= 0.3 is 0 Å². The Balaban J connectivity index is 1.74. The lowest BCUT2D eigenvalue weighted by Gasteiger charge is -2.08. The molecular weight excluding hydrogens is 416 g/mol. The second kappa shape index (κ2) is 8.86. The quantitative estimate of drug-likeness (QED) is 0.444. The third-order valence-electron chi connectivity index (χ3n) is 3.39. The molecule has 0 saturated heterocycles. The van der Waals surface area contributed by atoms with Crippen LogP contribution in [0.25, 0.3) is 0 Å². The average Bonchev–Trinajstić information content (AvgIpc) is 3.10. The zero-order valence-corrected chi connectivity index (χ0v) is 16.4. The van der Waals surface area contributed by atoms with E-state index in [1.165, 1.54) is 5.56 Å². The molecule has 1 N–H and O–H groups in total. The first-order valence-electron chi connectivity index (χ1n) is 7.93. The van der Waals surface area contributed by atoms with Crippen LogP contribution in [0.1, 0.15) is 18.1 Å². The van der Waals surface area contributed by atoms with Crippen LogP contribution < -0.4 is 4.74 Å². The zero-order chi connectivity index (χ0) is 18.4. The predicted molar refractivity (Wildman–Crippen MR) is 106 cm³/mol. The number of aromatic hydroxyl groups is 1. The number of rotatable bonds is 7. The van der Waals surface area contributed by atoms with Gasteiger partial charge in [-0.05, 0) is 46.1 Å². The van der Waals surface area contributed by atoms with Gasteiger partial charge in [-0.3, -0.25) is 0 Å². The van der Waals surface area contributed by atoms with Crippen LogP contribution in [-0.4, -0.2) is 32.8 Å². The van der Waals surface area contributed by atoms with E-state index in [9.17, 15) is 5.11 Å². The molecule has 0 bridgehead atoms. The fourth-order valence-electron chi connectivity index (χ4n) is 2.18. The fraction of sp³-hybridized carbons (Fsp3) is 0.167. The summed E-state index contributed by atoms with van der Waals surface area (Å²) in [6.45, 7) is 2.33. The molecule has 0 spiro atoms. The molecule has 0 fully saturated rings. The van der Waals surface area contributed by atoms with Crippen molar-refractivity contribution in [3.8, 4) is 11.5 Å². The highest BCUT2D eigenvalue weighted by Crippen LogP contribution is 2.35. The Bertz CT molecular complexity index is 899. The largest absolute Gasteiger partial charge is 0.503 e. The molecule has 0 atom stereocenters. The monoisotopic (exact) mass is 432 g/mol. The van der Waals surface area contributed by atoms with E-state index in [-0.39, 0.29) is 5.75 Å². The van der Waals surface area contributed by atoms with Crippen LogP contribution >= 0.6 is 27.7 Å². The van der Waals surface area contributed by atoms with E-state index in [0.29, 0.717) is 22.0 Å². The molecule has 0 unspecified atom stereocenters. The van der Waals surface area contributed by atoms with Crippen molar-refractivity contribution >= 4 is 33.9 Å². The molecule has 0 aliphatic rings. The highest BCUT2D eigenvalue weighted by Gasteiger charge is 2.09. The van der Waals surface area contributed by atoms with Gasteiger partial charge in [0.15, 0.2) is 11.5 Å². The molecule has 0 aliphatic carbocycles.